The van der Waals surface area contributed by atoms with Crippen LogP contribution < -0.4 is 0 Å². The Morgan fingerprint density at radius 3 is 2.12 bits per heavy atom. The number of phenolic OH excluding ortho intramolecular Hbond substituents is 3. The normalized spacial score (nSPS) is 10.9. The molecule has 0 fully saturated rings. The van der Waals surface area contributed by atoms with Crippen LogP contribution in [0.15, 0.2) is 70.9 Å². The molecule has 8 heteroatoms. The van der Waals surface area contributed by atoms with Crippen LogP contribution in [0.1, 0.15) is 0 Å². The first-order valence-corrected chi connectivity index (χ1v) is 7.46. The van der Waals surface area contributed by atoms with Gasteiger partial charge in [0.25, 0.3) is 5.69 Å². The Morgan fingerprint density at radius 2 is 1.50 bits per heavy atom. The number of azo groups is 1. The first kappa shape index (κ1) is 16.9. The third-order valence-corrected chi connectivity index (χ3v) is 3.57. The standard InChI is InChI=1S/C18H13N3O5/c22-13-9-16(23)18(17(24)10-13)11-6-7-14(15(8-11)21(25)26)20-19-12-4-2-1-3-5-12/h1-10,22-24H/b20-19+. The maximum absolute atomic E-state index is 11.4. The van der Waals surface area contributed by atoms with E-state index in [1.165, 1.54) is 18.2 Å². The number of nitrogens with zero attached hydrogens (tertiary/aromatic N) is 3. The molecule has 0 aliphatic carbocycles. The summed E-state index contributed by atoms with van der Waals surface area (Å²) >= 11 is 0. The fraction of sp³-hybridized carbons (Fsp3) is 0. The molecule has 0 saturated carbocycles. The molecule has 130 valence electrons. The van der Waals surface area contributed by atoms with Gasteiger partial charge in [-0.15, -0.1) is 5.11 Å². The Bertz CT molecular complexity index is 980. The van der Waals surface area contributed by atoms with E-state index < -0.39 is 16.4 Å². The molecule has 0 unspecified atom stereocenters. The number of nitro benzene ring substituents is 1. The van der Waals surface area contributed by atoms with Gasteiger partial charge in [-0.2, -0.15) is 5.11 Å². The molecule has 0 amide bonds. The highest BCUT2D eigenvalue weighted by Crippen LogP contribution is 2.42. The zero-order chi connectivity index (χ0) is 18.7. The summed E-state index contributed by atoms with van der Waals surface area (Å²) in [7, 11) is 0. The summed E-state index contributed by atoms with van der Waals surface area (Å²) in [5, 5.41) is 48.5. The van der Waals surface area contributed by atoms with Gasteiger partial charge in [0, 0.05) is 18.2 Å². The molecule has 0 radical (unpaired) electrons. The molecule has 0 saturated heterocycles. The summed E-state index contributed by atoms with van der Waals surface area (Å²) in [4.78, 5) is 10.8. The topological polar surface area (TPSA) is 129 Å². The molecule has 0 heterocycles. The highest BCUT2D eigenvalue weighted by atomic mass is 16.6. The first-order valence-electron chi connectivity index (χ1n) is 7.46. The molecule has 0 spiro atoms. The van der Waals surface area contributed by atoms with Crippen molar-refractivity contribution >= 4 is 17.1 Å². The summed E-state index contributed by atoms with van der Waals surface area (Å²) < 4.78 is 0. The van der Waals surface area contributed by atoms with Crippen molar-refractivity contribution in [1.82, 2.24) is 0 Å². The lowest BCUT2D eigenvalue weighted by molar-refractivity contribution is -0.384. The second kappa shape index (κ2) is 6.89. The van der Waals surface area contributed by atoms with Gasteiger partial charge in [-0.05, 0) is 23.8 Å². The average molecular weight is 351 g/mol. The van der Waals surface area contributed by atoms with Gasteiger partial charge in [0.2, 0.25) is 0 Å². The Hall–Kier alpha value is -3.94. The first-order chi connectivity index (χ1) is 12.5. The molecule has 0 bridgehead atoms. The minimum atomic E-state index is -0.628. The Kier molecular flexibility index (Phi) is 4.48. The predicted octanol–water partition coefficient (Wildman–Crippen LogP) is 4.79. The van der Waals surface area contributed by atoms with Crippen LogP contribution in [0, 0.1) is 10.1 Å². The molecule has 0 aliphatic heterocycles. The van der Waals surface area contributed by atoms with E-state index in [1.807, 2.05) is 6.07 Å². The summed E-state index contributed by atoms with van der Waals surface area (Å²) in [6.07, 6.45) is 0. The van der Waals surface area contributed by atoms with Crippen LogP contribution in [-0.2, 0) is 0 Å². The minimum Gasteiger partial charge on any atom is -0.508 e. The molecule has 8 nitrogen and oxygen atoms in total. The lowest BCUT2D eigenvalue weighted by Gasteiger charge is -2.08. The van der Waals surface area contributed by atoms with E-state index in [4.69, 9.17) is 0 Å². The van der Waals surface area contributed by atoms with E-state index in [0.717, 1.165) is 12.1 Å². The fourth-order valence-electron chi connectivity index (χ4n) is 2.41. The molecule has 0 aromatic heterocycles. The van der Waals surface area contributed by atoms with Gasteiger partial charge in [-0.1, -0.05) is 24.3 Å². The van der Waals surface area contributed by atoms with Crippen LogP contribution in [0.4, 0.5) is 17.1 Å². The Labute approximate surface area is 147 Å². The predicted molar refractivity (Wildman–Crippen MR) is 94.1 cm³/mol. The molecule has 0 aliphatic rings. The lowest BCUT2D eigenvalue weighted by Crippen LogP contribution is -1.90. The zero-order valence-electron chi connectivity index (χ0n) is 13.3. The van der Waals surface area contributed by atoms with E-state index in [-0.39, 0.29) is 28.3 Å². The van der Waals surface area contributed by atoms with E-state index >= 15 is 0 Å². The Morgan fingerprint density at radius 1 is 0.846 bits per heavy atom. The van der Waals surface area contributed by atoms with Crippen molar-refractivity contribution in [2.75, 3.05) is 0 Å². The summed E-state index contributed by atoms with van der Waals surface area (Å²) in [5.74, 6) is -1.14. The van der Waals surface area contributed by atoms with Crippen molar-refractivity contribution in [2.45, 2.75) is 0 Å². The van der Waals surface area contributed by atoms with Gasteiger partial charge in [-0.3, -0.25) is 10.1 Å². The average Bonchev–Trinajstić information content (AvgIpc) is 2.60. The van der Waals surface area contributed by atoms with Crippen molar-refractivity contribution < 1.29 is 20.2 Å². The fourth-order valence-corrected chi connectivity index (χ4v) is 2.41. The second-order valence-corrected chi connectivity index (χ2v) is 5.36. The molecule has 3 aromatic rings. The van der Waals surface area contributed by atoms with Crippen LogP contribution in [0.5, 0.6) is 17.2 Å². The van der Waals surface area contributed by atoms with E-state index in [2.05, 4.69) is 10.2 Å². The third kappa shape index (κ3) is 3.44. The van der Waals surface area contributed by atoms with Crippen LogP contribution in [0.3, 0.4) is 0 Å². The number of hydrogen-bond acceptors (Lipinski definition) is 7. The number of benzene rings is 3. The largest absolute Gasteiger partial charge is 0.508 e. The molecule has 3 aromatic carbocycles. The van der Waals surface area contributed by atoms with Crippen LogP contribution in [0.25, 0.3) is 11.1 Å². The monoisotopic (exact) mass is 351 g/mol. The van der Waals surface area contributed by atoms with Gasteiger partial charge in [0.1, 0.15) is 17.2 Å². The molecule has 3 rings (SSSR count). The Balaban J connectivity index is 2.06. The summed E-state index contributed by atoms with van der Waals surface area (Å²) in [5.41, 5.74) is 0.400. The molecule has 0 atom stereocenters. The molecule has 3 N–H and O–H groups in total. The molecule has 26 heavy (non-hydrogen) atoms. The lowest BCUT2D eigenvalue weighted by atomic mass is 10.0. The maximum atomic E-state index is 11.4. The highest BCUT2D eigenvalue weighted by Gasteiger charge is 2.19. The van der Waals surface area contributed by atoms with Crippen LogP contribution in [-0.4, -0.2) is 20.2 Å². The zero-order valence-corrected chi connectivity index (χ0v) is 13.3. The number of nitro groups is 1. The summed E-state index contributed by atoms with van der Waals surface area (Å²) in [6.45, 7) is 0. The smallest absolute Gasteiger partial charge is 0.297 e. The van der Waals surface area contributed by atoms with Gasteiger partial charge < -0.3 is 15.3 Å². The SMILES string of the molecule is O=[N+]([O-])c1cc(-c2c(O)cc(O)cc2O)ccc1/N=N/c1ccccc1. The molecular formula is C18H13N3O5. The van der Waals surface area contributed by atoms with E-state index in [9.17, 15) is 25.4 Å². The number of rotatable bonds is 4. The maximum Gasteiger partial charge on any atom is 0.297 e. The molecular weight excluding hydrogens is 338 g/mol. The van der Waals surface area contributed by atoms with Crippen molar-refractivity contribution in [3.05, 3.63) is 70.8 Å². The van der Waals surface area contributed by atoms with Gasteiger partial charge in [-0.25, -0.2) is 0 Å². The van der Waals surface area contributed by atoms with Crippen molar-refractivity contribution in [3.63, 3.8) is 0 Å². The minimum absolute atomic E-state index is 0.0281. The third-order valence-electron chi connectivity index (χ3n) is 3.57. The second-order valence-electron chi connectivity index (χ2n) is 5.36. The van der Waals surface area contributed by atoms with Gasteiger partial charge >= 0.3 is 0 Å². The highest BCUT2D eigenvalue weighted by molar-refractivity contribution is 5.80. The van der Waals surface area contributed by atoms with E-state index in [1.54, 1.807) is 24.3 Å². The van der Waals surface area contributed by atoms with E-state index in [0.29, 0.717) is 5.69 Å². The number of phenols is 3. The van der Waals surface area contributed by atoms with Crippen LogP contribution >= 0.6 is 0 Å². The quantitative estimate of drug-likeness (QED) is 0.353. The van der Waals surface area contributed by atoms with Crippen molar-refractivity contribution in [1.29, 1.82) is 0 Å². The van der Waals surface area contributed by atoms with Gasteiger partial charge in [0.15, 0.2) is 5.69 Å². The van der Waals surface area contributed by atoms with Crippen molar-refractivity contribution in [3.8, 4) is 28.4 Å². The number of hydrogen-bond donors (Lipinski definition) is 3. The summed E-state index contributed by atoms with van der Waals surface area (Å²) in [6, 6.07) is 14.8. The number of aromatic hydroxyl groups is 3. The van der Waals surface area contributed by atoms with Crippen molar-refractivity contribution in [2.24, 2.45) is 10.2 Å². The van der Waals surface area contributed by atoms with Gasteiger partial charge in [0.05, 0.1) is 16.2 Å². The van der Waals surface area contributed by atoms with Crippen LogP contribution in [0.2, 0.25) is 0 Å².